The summed E-state index contributed by atoms with van der Waals surface area (Å²) in [4.78, 5) is 9.91. The molecule has 4 heteroatoms. The van der Waals surface area contributed by atoms with Gasteiger partial charge in [0.15, 0.2) is 9.84 Å². The van der Waals surface area contributed by atoms with Crippen molar-refractivity contribution in [1.29, 1.82) is 0 Å². The molecule has 0 saturated carbocycles. The average Bonchev–Trinajstić information content (AvgIpc) is 1.86. The van der Waals surface area contributed by atoms with Crippen molar-refractivity contribution in [3.8, 4) is 0 Å². The summed E-state index contributed by atoms with van der Waals surface area (Å²) < 4.78 is 21.9. The number of aldehydes is 1. The highest BCUT2D eigenvalue weighted by Gasteiger charge is 2.13. The van der Waals surface area contributed by atoms with Gasteiger partial charge in [-0.05, 0) is 5.92 Å². The van der Waals surface area contributed by atoms with Gasteiger partial charge in [0, 0.05) is 0 Å². The zero-order chi connectivity index (χ0) is 8.91. The maximum absolute atomic E-state index is 11.0. The number of carbonyl (C=O) groups excluding carboxylic acids is 1. The summed E-state index contributed by atoms with van der Waals surface area (Å²) in [5, 5.41) is 0. The zero-order valence-electron chi connectivity index (χ0n) is 6.91. The van der Waals surface area contributed by atoms with Gasteiger partial charge in [0.2, 0.25) is 0 Å². The average molecular weight is 178 g/mol. The Morgan fingerprint density at radius 3 is 2.36 bits per heavy atom. The standard InChI is InChI=1S/C7H14O3S/c1-3-7(2)6-11(9,10)5-4-8/h4,7H,3,5-6H2,1-2H3. The van der Waals surface area contributed by atoms with Gasteiger partial charge in [-0.1, -0.05) is 20.3 Å². The van der Waals surface area contributed by atoms with Crippen LogP contribution in [0.25, 0.3) is 0 Å². The van der Waals surface area contributed by atoms with Crippen LogP contribution in [0.3, 0.4) is 0 Å². The van der Waals surface area contributed by atoms with Crippen molar-refractivity contribution < 1.29 is 13.2 Å². The normalized spacial score (nSPS) is 14.4. The van der Waals surface area contributed by atoms with Crippen LogP contribution in [0.1, 0.15) is 20.3 Å². The minimum atomic E-state index is -3.11. The van der Waals surface area contributed by atoms with Crippen molar-refractivity contribution >= 4 is 16.1 Å². The molecule has 3 nitrogen and oxygen atoms in total. The Labute approximate surface area is 67.7 Å². The molecule has 0 aliphatic carbocycles. The second-order valence-electron chi connectivity index (χ2n) is 2.76. The minimum Gasteiger partial charge on any atom is -0.302 e. The Morgan fingerprint density at radius 1 is 1.45 bits per heavy atom. The van der Waals surface area contributed by atoms with Gasteiger partial charge in [0.05, 0.1) is 5.75 Å². The molecule has 1 unspecified atom stereocenters. The van der Waals surface area contributed by atoms with E-state index in [4.69, 9.17) is 0 Å². The first-order valence-corrected chi connectivity index (χ1v) is 5.48. The van der Waals surface area contributed by atoms with Gasteiger partial charge < -0.3 is 4.79 Å². The molecule has 0 amide bonds. The van der Waals surface area contributed by atoms with Crippen LogP contribution in [-0.4, -0.2) is 26.2 Å². The Balaban J connectivity index is 4.02. The Bertz CT molecular complexity index is 206. The van der Waals surface area contributed by atoms with Crippen molar-refractivity contribution in [3.05, 3.63) is 0 Å². The fourth-order valence-electron chi connectivity index (χ4n) is 0.723. The van der Waals surface area contributed by atoms with Crippen LogP contribution in [0.4, 0.5) is 0 Å². The number of hydrogen-bond acceptors (Lipinski definition) is 3. The molecular formula is C7H14O3S. The summed E-state index contributed by atoms with van der Waals surface area (Å²) in [5.41, 5.74) is 0. The molecule has 0 heterocycles. The van der Waals surface area contributed by atoms with Gasteiger partial charge in [-0.15, -0.1) is 0 Å². The summed E-state index contributed by atoms with van der Waals surface area (Å²) in [6.07, 6.45) is 1.27. The van der Waals surface area contributed by atoms with Crippen molar-refractivity contribution in [3.63, 3.8) is 0 Å². The van der Waals surface area contributed by atoms with Crippen LogP contribution in [0, 0.1) is 5.92 Å². The quantitative estimate of drug-likeness (QED) is 0.581. The summed E-state index contributed by atoms with van der Waals surface area (Å²) in [6.45, 7) is 3.80. The van der Waals surface area contributed by atoms with Gasteiger partial charge in [-0.3, -0.25) is 0 Å². The number of sulfone groups is 1. The minimum absolute atomic E-state index is 0.127. The van der Waals surface area contributed by atoms with E-state index in [2.05, 4.69) is 0 Å². The summed E-state index contributed by atoms with van der Waals surface area (Å²) in [7, 11) is -3.11. The monoisotopic (exact) mass is 178 g/mol. The number of carbonyl (C=O) groups is 1. The van der Waals surface area contributed by atoms with E-state index < -0.39 is 9.84 Å². The van der Waals surface area contributed by atoms with E-state index >= 15 is 0 Å². The van der Waals surface area contributed by atoms with E-state index in [1.165, 1.54) is 0 Å². The third kappa shape index (κ3) is 4.95. The van der Waals surface area contributed by atoms with Gasteiger partial charge in [0.25, 0.3) is 0 Å². The molecule has 0 aliphatic rings. The molecular weight excluding hydrogens is 164 g/mol. The van der Waals surface area contributed by atoms with Crippen LogP contribution >= 0.6 is 0 Å². The van der Waals surface area contributed by atoms with Gasteiger partial charge in [-0.2, -0.15) is 0 Å². The molecule has 0 radical (unpaired) electrons. The molecule has 0 spiro atoms. The van der Waals surface area contributed by atoms with Crippen molar-refractivity contribution in [2.45, 2.75) is 20.3 Å². The van der Waals surface area contributed by atoms with Crippen LogP contribution in [-0.2, 0) is 14.6 Å². The van der Waals surface area contributed by atoms with Gasteiger partial charge >= 0.3 is 0 Å². The molecule has 0 saturated heterocycles. The highest BCUT2D eigenvalue weighted by atomic mass is 32.2. The molecule has 0 N–H and O–H groups in total. The van der Waals surface area contributed by atoms with Crippen LogP contribution in [0.15, 0.2) is 0 Å². The predicted molar refractivity (Wildman–Crippen MR) is 44.2 cm³/mol. The van der Waals surface area contributed by atoms with Crippen LogP contribution in [0.5, 0.6) is 0 Å². The molecule has 0 rings (SSSR count). The summed E-state index contributed by atoms with van der Waals surface area (Å²) in [6, 6.07) is 0. The van der Waals surface area contributed by atoms with Gasteiger partial charge in [0.1, 0.15) is 12.0 Å². The van der Waals surface area contributed by atoms with E-state index in [1.54, 1.807) is 0 Å². The first kappa shape index (κ1) is 10.6. The van der Waals surface area contributed by atoms with Gasteiger partial charge in [-0.25, -0.2) is 8.42 Å². The Kier molecular flexibility index (Phi) is 4.33. The van der Waals surface area contributed by atoms with Crippen LogP contribution < -0.4 is 0 Å². The molecule has 0 aromatic heterocycles. The highest BCUT2D eigenvalue weighted by Crippen LogP contribution is 2.04. The second kappa shape index (κ2) is 4.49. The molecule has 0 aromatic carbocycles. The fourth-order valence-corrected chi connectivity index (χ4v) is 2.17. The lowest BCUT2D eigenvalue weighted by Crippen LogP contribution is -2.17. The largest absolute Gasteiger partial charge is 0.302 e. The maximum Gasteiger partial charge on any atom is 0.157 e. The van der Waals surface area contributed by atoms with E-state index in [0.29, 0.717) is 6.29 Å². The summed E-state index contributed by atoms with van der Waals surface area (Å²) >= 11 is 0. The first-order chi connectivity index (χ1) is 5.02. The third-order valence-corrected chi connectivity index (χ3v) is 3.28. The van der Waals surface area contributed by atoms with E-state index in [0.717, 1.165) is 6.42 Å². The third-order valence-electron chi connectivity index (χ3n) is 1.56. The topological polar surface area (TPSA) is 51.2 Å². The van der Waals surface area contributed by atoms with Crippen molar-refractivity contribution in [2.75, 3.05) is 11.5 Å². The predicted octanol–water partition coefficient (Wildman–Crippen LogP) is 0.646. The molecule has 1 atom stereocenters. The van der Waals surface area contributed by atoms with Crippen molar-refractivity contribution in [1.82, 2.24) is 0 Å². The number of hydrogen-bond donors (Lipinski definition) is 0. The Hall–Kier alpha value is -0.380. The molecule has 0 aliphatic heterocycles. The van der Waals surface area contributed by atoms with Crippen molar-refractivity contribution in [2.24, 2.45) is 5.92 Å². The molecule has 0 aromatic rings. The number of rotatable bonds is 5. The summed E-state index contributed by atoms with van der Waals surface area (Å²) in [5.74, 6) is -0.0560. The SMILES string of the molecule is CCC(C)CS(=O)(=O)CC=O. The smallest absolute Gasteiger partial charge is 0.157 e. The highest BCUT2D eigenvalue weighted by molar-refractivity contribution is 7.92. The fraction of sp³-hybridized carbons (Fsp3) is 0.857. The molecule has 0 fully saturated rings. The zero-order valence-corrected chi connectivity index (χ0v) is 7.73. The first-order valence-electron chi connectivity index (χ1n) is 3.66. The second-order valence-corrected chi connectivity index (χ2v) is 4.91. The lowest BCUT2D eigenvalue weighted by Gasteiger charge is -2.06. The lowest BCUT2D eigenvalue weighted by atomic mass is 10.2. The van der Waals surface area contributed by atoms with E-state index in [1.807, 2.05) is 13.8 Å². The molecule has 0 bridgehead atoms. The lowest BCUT2D eigenvalue weighted by molar-refractivity contribution is -0.105. The maximum atomic E-state index is 11.0. The van der Waals surface area contributed by atoms with E-state index in [-0.39, 0.29) is 17.4 Å². The molecule has 11 heavy (non-hydrogen) atoms. The van der Waals surface area contributed by atoms with Crippen LogP contribution in [0.2, 0.25) is 0 Å². The molecule has 66 valence electrons. The van der Waals surface area contributed by atoms with E-state index in [9.17, 15) is 13.2 Å². The Morgan fingerprint density at radius 2 is 2.00 bits per heavy atom.